The summed E-state index contributed by atoms with van der Waals surface area (Å²) in [4.78, 5) is 5.04. The Balaban J connectivity index is 2.46. The molecular weight excluding hydrogens is 188 g/mol. The molecule has 66 valence electrons. The Bertz CT molecular complexity index is 240. The molecule has 0 saturated carbocycles. The van der Waals surface area contributed by atoms with Crippen LogP contribution in [-0.4, -0.2) is 17.3 Å². The van der Waals surface area contributed by atoms with E-state index >= 15 is 0 Å². The first kappa shape index (κ1) is 9.89. The molecule has 0 saturated heterocycles. The predicted octanol–water partition coefficient (Wildman–Crippen LogP) is 1.56. The highest BCUT2D eigenvalue weighted by atomic mass is 32.2. The number of thiol groups is 1. The van der Waals surface area contributed by atoms with Gasteiger partial charge in [0.15, 0.2) is 0 Å². The normalized spacial score (nSPS) is 10.2. The number of nitrogens with two attached hydrogens (primary N) is 1. The quantitative estimate of drug-likeness (QED) is 0.572. The second-order valence-electron chi connectivity index (χ2n) is 2.35. The summed E-state index contributed by atoms with van der Waals surface area (Å²) in [5.41, 5.74) is 6.56. The maximum Gasteiger partial charge on any atom is 0.0319 e. The van der Waals surface area contributed by atoms with Crippen molar-refractivity contribution in [1.82, 2.24) is 4.98 Å². The van der Waals surface area contributed by atoms with Gasteiger partial charge >= 0.3 is 0 Å². The third-order valence-electron chi connectivity index (χ3n) is 1.40. The zero-order chi connectivity index (χ0) is 8.81. The molecule has 1 heterocycles. The molecule has 1 rings (SSSR count). The summed E-state index contributed by atoms with van der Waals surface area (Å²) in [7, 11) is 0. The van der Waals surface area contributed by atoms with Crippen LogP contribution < -0.4 is 5.73 Å². The monoisotopic (exact) mass is 200 g/mol. The lowest BCUT2D eigenvalue weighted by Crippen LogP contribution is -2.01. The van der Waals surface area contributed by atoms with Gasteiger partial charge in [0.1, 0.15) is 0 Å². The van der Waals surface area contributed by atoms with Crippen LogP contribution in [0.4, 0.5) is 0 Å². The molecule has 0 aliphatic heterocycles. The van der Waals surface area contributed by atoms with Crippen molar-refractivity contribution in [1.29, 1.82) is 0 Å². The van der Waals surface area contributed by atoms with Crippen LogP contribution in [0.3, 0.4) is 0 Å². The number of nitrogens with zero attached hydrogens (tertiary/aromatic N) is 1. The van der Waals surface area contributed by atoms with E-state index in [1.54, 1.807) is 18.0 Å². The molecule has 0 aliphatic carbocycles. The molecule has 2 nitrogen and oxygen atoms in total. The van der Waals surface area contributed by atoms with Crippen molar-refractivity contribution < 1.29 is 0 Å². The largest absolute Gasteiger partial charge is 0.330 e. The summed E-state index contributed by atoms with van der Waals surface area (Å²) in [6.45, 7) is 0.729. The molecule has 0 aromatic carbocycles. The summed E-state index contributed by atoms with van der Waals surface area (Å²) in [5, 5.41) is 0. The van der Waals surface area contributed by atoms with Gasteiger partial charge in [-0.1, -0.05) is 0 Å². The minimum Gasteiger partial charge on any atom is -0.330 e. The van der Waals surface area contributed by atoms with E-state index in [2.05, 4.69) is 17.6 Å². The average molecular weight is 200 g/mol. The second-order valence-corrected chi connectivity index (χ2v) is 3.93. The number of pyridine rings is 1. The van der Waals surface area contributed by atoms with E-state index in [4.69, 9.17) is 5.73 Å². The summed E-state index contributed by atoms with van der Waals surface area (Å²) < 4.78 is 0. The molecule has 0 amide bonds. The second kappa shape index (κ2) is 5.45. The number of rotatable bonds is 4. The van der Waals surface area contributed by atoms with Crippen molar-refractivity contribution in [3.05, 3.63) is 24.0 Å². The molecule has 2 N–H and O–H groups in total. The Labute approximate surface area is 82.4 Å². The van der Waals surface area contributed by atoms with Gasteiger partial charge in [0.05, 0.1) is 0 Å². The smallest absolute Gasteiger partial charge is 0.0319 e. The first-order valence-corrected chi connectivity index (χ1v) is 5.34. The molecule has 4 heteroatoms. The van der Waals surface area contributed by atoms with Crippen molar-refractivity contribution in [3.8, 4) is 0 Å². The van der Waals surface area contributed by atoms with Crippen molar-refractivity contribution in [2.75, 3.05) is 12.3 Å². The molecule has 0 atom stereocenters. The van der Waals surface area contributed by atoms with Gasteiger partial charge < -0.3 is 5.73 Å². The topological polar surface area (TPSA) is 38.9 Å². The van der Waals surface area contributed by atoms with Crippen LogP contribution in [0.25, 0.3) is 0 Å². The first-order valence-electron chi connectivity index (χ1n) is 3.74. The standard InChI is InChI=1S/C8H12N2S2/c9-2-4-12-6-7-5-10-3-1-8(7)11/h1,3,5H,2,4,6,9H2,(H,10,11). The highest BCUT2D eigenvalue weighted by Crippen LogP contribution is 2.17. The molecular formula is C8H12N2S2. The van der Waals surface area contributed by atoms with E-state index in [-0.39, 0.29) is 0 Å². The summed E-state index contributed by atoms with van der Waals surface area (Å²) in [5.74, 6) is 1.94. The molecule has 0 unspecified atom stereocenters. The van der Waals surface area contributed by atoms with Crippen LogP contribution in [0, 0.1) is 0 Å². The van der Waals surface area contributed by atoms with Gasteiger partial charge in [-0.25, -0.2) is 0 Å². The summed E-state index contributed by atoms with van der Waals surface area (Å²) in [6, 6.07) is 1.90. The van der Waals surface area contributed by atoms with Crippen LogP contribution in [0.15, 0.2) is 23.4 Å². The lowest BCUT2D eigenvalue weighted by Gasteiger charge is -2.02. The maximum absolute atomic E-state index is 5.38. The molecule has 0 bridgehead atoms. The van der Waals surface area contributed by atoms with Crippen LogP contribution in [0.1, 0.15) is 5.56 Å². The van der Waals surface area contributed by atoms with Gasteiger partial charge in [0, 0.05) is 35.3 Å². The number of thioether (sulfide) groups is 1. The lowest BCUT2D eigenvalue weighted by molar-refractivity contribution is 1.13. The SMILES string of the molecule is NCCSCc1cnccc1S. The molecule has 12 heavy (non-hydrogen) atoms. The van der Waals surface area contributed by atoms with Gasteiger partial charge in [-0.15, -0.1) is 12.6 Å². The number of hydrogen-bond acceptors (Lipinski definition) is 4. The molecule has 0 radical (unpaired) electrons. The highest BCUT2D eigenvalue weighted by molar-refractivity contribution is 7.98. The fourth-order valence-electron chi connectivity index (χ4n) is 0.796. The Morgan fingerprint density at radius 3 is 3.08 bits per heavy atom. The van der Waals surface area contributed by atoms with Gasteiger partial charge in [0.25, 0.3) is 0 Å². The van der Waals surface area contributed by atoms with Crippen LogP contribution in [-0.2, 0) is 5.75 Å². The van der Waals surface area contributed by atoms with Gasteiger partial charge in [-0.2, -0.15) is 11.8 Å². The Kier molecular flexibility index (Phi) is 4.50. The van der Waals surface area contributed by atoms with Crippen molar-refractivity contribution >= 4 is 24.4 Å². The Morgan fingerprint density at radius 1 is 1.58 bits per heavy atom. The van der Waals surface area contributed by atoms with Crippen LogP contribution in [0.5, 0.6) is 0 Å². The molecule has 1 aromatic rings. The van der Waals surface area contributed by atoms with Gasteiger partial charge in [-0.05, 0) is 11.6 Å². The zero-order valence-corrected chi connectivity index (χ0v) is 8.44. The number of aromatic nitrogens is 1. The van der Waals surface area contributed by atoms with Gasteiger partial charge in [-0.3, -0.25) is 4.98 Å². The molecule has 0 fully saturated rings. The highest BCUT2D eigenvalue weighted by Gasteiger charge is 1.97. The van der Waals surface area contributed by atoms with E-state index in [1.165, 1.54) is 5.56 Å². The van der Waals surface area contributed by atoms with E-state index < -0.39 is 0 Å². The predicted molar refractivity (Wildman–Crippen MR) is 56.7 cm³/mol. The summed E-state index contributed by atoms with van der Waals surface area (Å²) >= 11 is 6.12. The lowest BCUT2D eigenvalue weighted by atomic mass is 10.3. The molecule has 0 spiro atoms. The fourth-order valence-corrected chi connectivity index (χ4v) is 1.87. The van der Waals surface area contributed by atoms with E-state index in [0.29, 0.717) is 0 Å². The van der Waals surface area contributed by atoms with Crippen molar-refractivity contribution in [2.24, 2.45) is 5.73 Å². The Hall–Kier alpha value is -0.190. The van der Waals surface area contributed by atoms with E-state index in [9.17, 15) is 0 Å². The maximum atomic E-state index is 5.38. The Morgan fingerprint density at radius 2 is 2.42 bits per heavy atom. The third-order valence-corrected chi connectivity index (χ3v) is 2.87. The minimum absolute atomic E-state index is 0.729. The van der Waals surface area contributed by atoms with Crippen molar-refractivity contribution in [2.45, 2.75) is 10.6 Å². The van der Waals surface area contributed by atoms with E-state index in [0.717, 1.165) is 22.9 Å². The van der Waals surface area contributed by atoms with Crippen LogP contribution in [0.2, 0.25) is 0 Å². The van der Waals surface area contributed by atoms with Crippen molar-refractivity contribution in [3.63, 3.8) is 0 Å². The first-order chi connectivity index (χ1) is 5.84. The van der Waals surface area contributed by atoms with E-state index in [1.807, 2.05) is 12.3 Å². The molecule has 1 aromatic heterocycles. The summed E-state index contributed by atoms with van der Waals surface area (Å²) in [6.07, 6.45) is 3.60. The average Bonchev–Trinajstić information content (AvgIpc) is 2.09. The fraction of sp³-hybridized carbons (Fsp3) is 0.375. The number of hydrogen-bond donors (Lipinski definition) is 2. The minimum atomic E-state index is 0.729. The van der Waals surface area contributed by atoms with Crippen LogP contribution >= 0.6 is 24.4 Å². The third kappa shape index (κ3) is 3.05. The zero-order valence-electron chi connectivity index (χ0n) is 6.73. The van der Waals surface area contributed by atoms with Gasteiger partial charge in [0.2, 0.25) is 0 Å². The molecule has 0 aliphatic rings.